The molecule has 0 bridgehead atoms. The van der Waals surface area contributed by atoms with Gasteiger partial charge in [-0.25, -0.2) is 0 Å². The highest BCUT2D eigenvalue weighted by Crippen LogP contribution is 2.37. The van der Waals surface area contributed by atoms with Gasteiger partial charge in [0.1, 0.15) is 11.9 Å². The number of piperazine rings is 1. The van der Waals surface area contributed by atoms with Crippen molar-refractivity contribution in [3.63, 3.8) is 0 Å². The van der Waals surface area contributed by atoms with Crippen molar-refractivity contribution in [1.29, 1.82) is 5.26 Å². The lowest BCUT2D eigenvalue weighted by molar-refractivity contribution is -0.117. The second kappa shape index (κ2) is 9.67. The maximum atomic E-state index is 13.0. The second-order valence-electron chi connectivity index (χ2n) is 9.08. The molecule has 0 unspecified atom stereocenters. The fourth-order valence-electron chi connectivity index (χ4n) is 5.08. The van der Waals surface area contributed by atoms with Crippen LogP contribution < -0.4 is 16.0 Å². The van der Waals surface area contributed by atoms with Crippen LogP contribution in [-0.2, 0) is 4.79 Å². The van der Waals surface area contributed by atoms with Crippen molar-refractivity contribution in [2.24, 2.45) is 5.73 Å². The zero-order chi connectivity index (χ0) is 23.5. The predicted molar refractivity (Wildman–Crippen MR) is 128 cm³/mol. The molecule has 1 aliphatic carbocycles. The maximum Gasteiger partial charge on any atom is 0.248 e. The Balaban J connectivity index is 1.38. The molecule has 174 valence electrons. The first kappa shape index (κ1) is 22.9. The van der Waals surface area contributed by atoms with Gasteiger partial charge < -0.3 is 20.5 Å². The van der Waals surface area contributed by atoms with Gasteiger partial charge in [-0.3, -0.25) is 14.5 Å². The van der Waals surface area contributed by atoms with E-state index in [0.717, 1.165) is 56.0 Å². The van der Waals surface area contributed by atoms with Crippen LogP contribution in [0.3, 0.4) is 0 Å². The molecule has 1 aliphatic heterocycles. The van der Waals surface area contributed by atoms with Crippen LogP contribution in [-0.4, -0.2) is 54.0 Å². The van der Waals surface area contributed by atoms with Crippen molar-refractivity contribution in [3.05, 3.63) is 46.6 Å². The number of carbonyl (C=O) groups excluding carboxylic acids is 2. The number of nitrogens with one attached hydrogen (secondary N) is 1. The molecular weight excluding hydrogens is 416 g/mol. The number of rotatable bonds is 6. The molecule has 2 heterocycles. The number of nitrogens with zero attached hydrogens (tertiary/aromatic N) is 4. The number of nitriles is 1. The molecule has 1 saturated carbocycles. The van der Waals surface area contributed by atoms with E-state index in [1.807, 2.05) is 26.0 Å². The van der Waals surface area contributed by atoms with Gasteiger partial charge in [-0.2, -0.15) is 5.26 Å². The van der Waals surface area contributed by atoms with Crippen LogP contribution >= 0.6 is 0 Å². The molecular formula is C25H32N6O2. The van der Waals surface area contributed by atoms with E-state index in [9.17, 15) is 14.9 Å². The van der Waals surface area contributed by atoms with Gasteiger partial charge in [0.25, 0.3) is 0 Å². The number of carbonyl (C=O) groups is 2. The zero-order valence-electron chi connectivity index (χ0n) is 19.4. The first-order valence-electron chi connectivity index (χ1n) is 11.7. The van der Waals surface area contributed by atoms with Crippen LogP contribution in [0.4, 0.5) is 11.5 Å². The number of aromatic nitrogens is 1. The summed E-state index contributed by atoms with van der Waals surface area (Å²) in [5.41, 5.74) is 9.47. The van der Waals surface area contributed by atoms with Gasteiger partial charge in [-0.05, 0) is 56.5 Å². The van der Waals surface area contributed by atoms with E-state index in [2.05, 4.69) is 25.8 Å². The highest BCUT2D eigenvalue weighted by molar-refractivity contribution is 5.93. The van der Waals surface area contributed by atoms with Crippen molar-refractivity contribution in [1.82, 2.24) is 9.47 Å². The molecule has 1 saturated heterocycles. The fraction of sp³-hybridized carbons (Fsp3) is 0.480. The van der Waals surface area contributed by atoms with Crippen LogP contribution in [0, 0.1) is 25.2 Å². The summed E-state index contributed by atoms with van der Waals surface area (Å²) in [6, 6.07) is 9.97. The van der Waals surface area contributed by atoms with E-state index in [1.54, 1.807) is 12.1 Å². The van der Waals surface area contributed by atoms with E-state index in [1.165, 1.54) is 12.8 Å². The molecule has 2 amide bonds. The van der Waals surface area contributed by atoms with Crippen LogP contribution in [0.15, 0.2) is 24.3 Å². The van der Waals surface area contributed by atoms with Crippen molar-refractivity contribution in [3.8, 4) is 6.07 Å². The topological polar surface area (TPSA) is 107 Å². The van der Waals surface area contributed by atoms with Crippen molar-refractivity contribution in [2.45, 2.75) is 45.6 Å². The van der Waals surface area contributed by atoms with E-state index < -0.39 is 5.91 Å². The van der Waals surface area contributed by atoms with Crippen molar-refractivity contribution < 1.29 is 9.59 Å². The Morgan fingerprint density at radius 3 is 2.30 bits per heavy atom. The molecule has 8 nitrogen and oxygen atoms in total. The molecule has 33 heavy (non-hydrogen) atoms. The normalized spacial score (nSPS) is 17.2. The lowest BCUT2D eigenvalue weighted by Gasteiger charge is -2.35. The van der Waals surface area contributed by atoms with Crippen LogP contribution in [0.5, 0.6) is 0 Å². The summed E-state index contributed by atoms with van der Waals surface area (Å²) < 4.78 is 2.19. The van der Waals surface area contributed by atoms with E-state index >= 15 is 0 Å². The average molecular weight is 449 g/mol. The lowest BCUT2D eigenvalue weighted by Crippen LogP contribution is -2.48. The highest BCUT2D eigenvalue weighted by atomic mass is 16.2. The molecule has 4 rings (SSSR count). The van der Waals surface area contributed by atoms with E-state index in [4.69, 9.17) is 5.73 Å². The number of benzene rings is 1. The number of hydrogen-bond donors (Lipinski definition) is 2. The smallest absolute Gasteiger partial charge is 0.248 e. The van der Waals surface area contributed by atoms with E-state index in [-0.39, 0.29) is 5.91 Å². The third-order valence-corrected chi connectivity index (χ3v) is 7.07. The Morgan fingerprint density at radius 1 is 1.09 bits per heavy atom. The molecule has 8 heteroatoms. The van der Waals surface area contributed by atoms with Gasteiger partial charge in [0.05, 0.1) is 12.1 Å². The molecule has 3 N–H and O–H groups in total. The molecule has 0 radical (unpaired) electrons. The average Bonchev–Trinajstić information content (AvgIpc) is 3.41. The summed E-state index contributed by atoms with van der Waals surface area (Å²) in [7, 11) is 0. The summed E-state index contributed by atoms with van der Waals surface area (Å²) in [6.07, 6.45) is 4.55. The predicted octanol–water partition coefficient (Wildman–Crippen LogP) is 2.95. The summed E-state index contributed by atoms with van der Waals surface area (Å²) in [5.74, 6) is 0.154. The molecule has 0 atom stereocenters. The van der Waals surface area contributed by atoms with Crippen LogP contribution in [0.2, 0.25) is 0 Å². The highest BCUT2D eigenvalue weighted by Gasteiger charge is 2.27. The van der Waals surface area contributed by atoms with Gasteiger partial charge in [-0.15, -0.1) is 0 Å². The first-order valence-corrected chi connectivity index (χ1v) is 11.7. The number of primary amides is 1. The second-order valence-corrected chi connectivity index (χ2v) is 9.08. The van der Waals surface area contributed by atoms with Crippen molar-refractivity contribution >= 4 is 23.3 Å². The third kappa shape index (κ3) is 4.74. The number of hydrogen-bond acceptors (Lipinski definition) is 5. The zero-order valence-corrected chi connectivity index (χ0v) is 19.4. The Bertz CT molecular complexity index is 1070. The summed E-state index contributed by atoms with van der Waals surface area (Å²) in [6.45, 7) is 7.42. The summed E-state index contributed by atoms with van der Waals surface area (Å²) in [5, 5.41) is 12.8. The van der Waals surface area contributed by atoms with Crippen LogP contribution in [0.25, 0.3) is 0 Å². The van der Waals surface area contributed by atoms with Crippen LogP contribution in [0.1, 0.15) is 58.9 Å². The minimum Gasteiger partial charge on any atom is -0.369 e. The minimum absolute atomic E-state index is 0.0810. The fourth-order valence-corrected chi connectivity index (χ4v) is 5.08. The summed E-state index contributed by atoms with van der Waals surface area (Å²) in [4.78, 5) is 28.6. The molecule has 1 aromatic heterocycles. The van der Waals surface area contributed by atoms with Gasteiger partial charge in [0.2, 0.25) is 11.8 Å². The third-order valence-electron chi connectivity index (χ3n) is 7.07. The van der Waals surface area contributed by atoms with Gasteiger partial charge in [0.15, 0.2) is 0 Å². The molecule has 2 fully saturated rings. The Labute approximate surface area is 194 Å². The van der Waals surface area contributed by atoms with Crippen molar-refractivity contribution in [2.75, 3.05) is 42.9 Å². The molecule has 1 aromatic carbocycles. The Morgan fingerprint density at radius 2 is 1.73 bits per heavy atom. The number of nitrogens with two attached hydrogens (primary N) is 1. The summed E-state index contributed by atoms with van der Waals surface area (Å²) >= 11 is 0. The standard InChI is InChI=1S/C25H32N6O2/c1-17-18(2)31(21-5-3-4-6-21)25(22(17)15-26)28-23(32)16-29-11-13-30(14-12-29)20-9-7-19(8-10-20)24(27)33/h7-10,21H,3-6,11-14,16H2,1-2H3,(H2,27,33)(H,28,32). The molecule has 0 spiro atoms. The molecule has 2 aliphatic rings. The number of anilines is 2. The SMILES string of the molecule is Cc1c(C#N)c(NC(=O)CN2CCN(c3ccc(C(N)=O)cc3)CC2)n(C2CCCC2)c1C. The number of amides is 2. The largest absolute Gasteiger partial charge is 0.369 e. The Kier molecular flexibility index (Phi) is 6.70. The van der Waals surface area contributed by atoms with Gasteiger partial charge in [-0.1, -0.05) is 12.8 Å². The molecule has 2 aromatic rings. The lowest BCUT2D eigenvalue weighted by atomic mass is 10.1. The van der Waals surface area contributed by atoms with E-state index in [0.29, 0.717) is 29.5 Å². The quantitative estimate of drug-likeness (QED) is 0.706. The van der Waals surface area contributed by atoms with Gasteiger partial charge in [0, 0.05) is 49.2 Å². The van der Waals surface area contributed by atoms with Gasteiger partial charge >= 0.3 is 0 Å². The Hall–Kier alpha value is -3.31. The monoisotopic (exact) mass is 448 g/mol. The maximum absolute atomic E-state index is 13.0. The minimum atomic E-state index is -0.429. The first-order chi connectivity index (χ1) is 15.9.